The second-order valence-electron chi connectivity index (χ2n) is 15.6. The van der Waals surface area contributed by atoms with E-state index in [0.29, 0.717) is 50.7 Å². The van der Waals surface area contributed by atoms with Crippen LogP contribution in [0.2, 0.25) is 0 Å². The molecule has 0 bridgehead atoms. The molecule has 0 amide bonds. The van der Waals surface area contributed by atoms with Crippen LogP contribution in [0.4, 0.5) is 0 Å². The molecule has 294 valence electrons. The van der Waals surface area contributed by atoms with Crippen molar-refractivity contribution in [2.75, 3.05) is 0 Å². The normalized spacial score (nSPS) is 12.9. The molecule has 0 spiro atoms. The molecule has 0 N–H and O–H groups in total. The summed E-state index contributed by atoms with van der Waals surface area (Å²) in [5, 5.41) is 5.35. The third-order valence-corrected chi connectivity index (χ3v) is 12.0. The highest BCUT2D eigenvalue weighted by Gasteiger charge is 2.24. The summed E-state index contributed by atoms with van der Waals surface area (Å²) in [4.78, 5) is 15.8. The quantitative estimate of drug-likeness (QED) is 0.167. The van der Waals surface area contributed by atoms with Crippen LogP contribution in [-0.2, 0) is 0 Å². The Kier molecular flexibility index (Phi) is 6.75. The Hall–Kier alpha value is -8.61. The molecule has 4 heterocycles. The zero-order chi connectivity index (χ0) is 45.8. The van der Waals surface area contributed by atoms with E-state index in [2.05, 4.69) is 77.4 Å². The van der Waals surface area contributed by atoms with Crippen LogP contribution in [0.3, 0.4) is 0 Å². The van der Waals surface area contributed by atoms with Gasteiger partial charge in [-0.1, -0.05) is 158 Å². The SMILES string of the molecule is [2H]c1c([2H])c([2H])c(-c2cccc3oc4cc(-c5nc(-c6cccc(-c7ccccc7)c6)nc(-n6c7cccc(-c8ccccc8)c7c7c8oc9ccccc9c8ccc76)n5)ccc4c23)c([2H])c1[2H]. The molecular weight excluding hydrogens is 773 g/mol. The fraction of sp³-hybridized carbons (Fsp3) is 0. The number of hydrogen-bond donors (Lipinski definition) is 0. The lowest BCUT2D eigenvalue weighted by atomic mass is 9.98. The third-order valence-electron chi connectivity index (χ3n) is 12.0. The molecule has 13 rings (SSSR count). The summed E-state index contributed by atoms with van der Waals surface area (Å²) in [7, 11) is 0. The second kappa shape index (κ2) is 14.0. The van der Waals surface area contributed by atoms with Crippen molar-refractivity contribution in [3.63, 3.8) is 0 Å². The van der Waals surface area contributed by atoms with Crippen LogP contribution in [0.5, 0.6) is 0 Å². The van der Waals surface area contributed by atoms with Gasteiger partial charge in [-0.15, -0.1) is 0 Å². The summed E-state index contributed by atoms with van der Waals surface area (Å²) >= 11 is 0. The molecule has 63 heavy (non-hydrogen) atoms. The second-order valence-corrected chi connectivity index (χ2v) is 15.6. The highest BCUT2D eigenvalue weighted by molar-refractivity contribution is 6.26. The Balaban J connectivity index is 1.08. The third kappa shape index (κ3) is 5.62. The molecule has 6 heteroatoms. The van der Waals surface area contributed by atoms with Gasteiger partial charge < -0.3 is 8.83 Å². The summed E-state index contributed by atoms with van der Waals surface area (Å²) in [6.07, 6.45) is 0. The number of nitrogens with zero attached hydrogens (tertiary/aromatic N) is 4. The predicted molar refractivity (Wildman–Crippen MR) is 256 cm³/mol. The molecule has 13 aromatic rings. The van der Waals surface area contributed by atoms with Gasteiger partial charge in [0.25, 0.3) is 0 Å². The maximum absolute atomic E-state index is 8.78. The Morgan fingerprint density at radius 3 is 1.84 bits per heavy atom. The number of hydrogen-bond acceptors (Lipinski definition) is 5. The largest absolute Gasteiger partial charge is 0.456 e. The number of fused-ring (bicyclic) bond motifs is 10. The lowest BCUT2D eigenvalue weighted by Crippen LogP contribution is -2.06. The van der Waals surface area contributed by atoms with Crippen LogP contribution < -0.4 is 0 Å². The van der Waals surface area contributed by atoms with Gasteiger partial charge in [-0.05, 0) is 81.9 Å². The molecule has 0 aliphatic carbocycles. The Bertz CT molecular complexity index is 4190. The van der Waals surface area contributed by atoms with Gasteiger partial charge in [0.2, 0.25) is 5.95 Å². The molecule has 0 atom stereocenters. The van der Waals surface area contributed by atoms with Crippen LogP contribution in [0, 0.1) is 0 Å². The lowest BCUT2D eigenvalue weighted by molar-refractivity contribution is 0.669. The van der Waals surface area contributed by atoms with Crippen LogP contribution in [0.1, 0.15) is 6.85 Å². The average molecular weight is 812 g/mol. The van der Waals surface area contributed by atoms with Crippen LogP contribution >= 0.6 is 0 Å². The zero-order valence-electron chi connectivity index (χ0n) is 38.3. The van der Waals surface area contributed by atoms with E-state index in [1.54, 1.807) is 12.1 Å². The molecule has 9 aromatic carbocycles. The first-order chi connectivity index (χ1) is 33.3. The highest BCUT2D eigenvalue weighted by Crippen LogP contribution is 2.44. The van der Waals surface area contributed by atoms with E-state index in [1.165, 1.54) is 0 Å². The first-order valence-corrected chi connectivity index (χ1v) is 20.7. The van der Waals surface area contributed by atoms with Gasteiger partial charge in [0.05, 0.1) is 23.3 Å². The number of para-hydroxylation sites is 1. The van der Waals surface area contributed by atoms with Crippen LogP contribution in [-0.4, -0.2) is 19.5 Å². The summed E-state index contributed by atoms with van der Waals surface area (Å²) in [5.41, 5.74) is 10.6. The van der Waals surface area contributed by atoms with E-state index in [1.807, 2.05) is 91.0 Å². The van der Waals surface area contributed by atoms with Gasteiger partial charge >= 0.3 is 0 Å². The molecule has 0 saturated heterocycles. The van der Waals surface area contributed by atoms with Gasteiger partial charge in [-0.3, -0.25) is 4.57 Å². The van der Waals surface area contributed by atoms with E-state index in [0.717, 1.165) is 71.6 Å². The summed E-state index contributed by atoms with van der Waals surface area (Å²) in [6.45, 7) is 0. The van der Waals surface area contributed by atoms with E-state index >= 15 is 0 Å². The standard InChI is InChI=1S/C57H34N4O2/c1-4-15-35(16-5-1)38-21-12-22-39(33-38)55-58-56(40-29-30-45-50(34-40)62-49-28-14-25-41(51(45)49)36-17-6-2-7-18-36)60-57(59-55)61-46-26-13-24-42(37-19-8-3-9-20-37)52(46)53-47(61)32-31-44-43-23-10-11-27-48(43)63-54(44)53/h1-34H/i2D,6D,7D,17D,18D. The topological polar surface area (TPSA) is 69.9 Å². The van der Waals surface area contributed by atoms with Gasteiger partial charge in [0.15, 0.2) is 11.6 Å². The molecule has 0 radical (unpaired) electrons. The molecule has 6 nitrogen and oxygen atoms in total. The summed E-state index contributed by atoms with van der Waals surface area (Å²) in [5.74, 6) is 1.28. The van der Waals surface area contributed by atoms with Crippen LogP contribution in [0.15, 0.2) is 215 Å². The predicted octanol–water partition coefficient (Wildman–Crippen LogP) is 15.1. The number of benzene rings is 9. The smallest absolute Gasteiger partial charge is 0.238 e. The van der Waals surface area contributed by atoms with Crippen molar-refractivity contribution in [1.29, 1.82) is 0 Å². The Labute approximate surface area is 368 Å². The summed E-state index contributed by atoms with van der Waals surface area (Å²) in [6, 6.07) is 56.7. The molecular formula is C57H34N4O2. The maximum atomic E-state index is 8.78. The van der Waals surface area contributed by atoms with Crippen LogP contribution in [0.25, 0.3) is 128 Å². The highest BCUT2D eigenvalue weighted by atomic mass is 16.3. The molecule has 0 saturated carbocycles. The minimum atomic E-state index is -0.444. The molecule has 0 aliphatic rings. The molecule has 0 fully saturated rings. The van der Waals surface area contributed by atoms with Gasteiger partial charge in [0.1, 0.15) is 22.3 Å². The van der Waals surface area contributed by atoms with E-state index < -0.39 is 18.1 Å². The average Bonchev–Trinajstić information content (AvgIpc) is 4.07. The first-order valence-electron chi connectivity index (χ1n) is 23.2. The summed E-state index contributed by atoms with van der Waals surface area (Å²) < 4.78 is 57.9. The number of aromatic nitrogens is 4. The minimum Gasteiger partial charge on any atom is -0.456 e. The first kappa shape index (κ1) is 30.4. The van der Waals surface area contributed by atoms with E-state index in [9.17, 15) is 0 Å². The number of furan rings is 2. The van der Waals surface area contributed by atoms with Gasteiger partial charge in [-0.25, -0.2) is 4.98 Å². The Morgan fingerprint density at radius 1 is 0.381 bits per heavy atom. The molecule has 0 aliphatic heterocycles. The molecule has 0 unspecified atom stereocenters. The van der Waals surface area contributed by atoms with Gasteiger partial charge in [0, 0.05) is 38.1 Å². The monoisotopic (exact) mass is 811 g/mol. The maximum Gasteiger partial charge on any atom is 0.238 e. The van der Waals surface area contributed by atoms with Crippen molar-refractivity contribution in [2.45, 2.75) is 0 Å². The minimum absolute atomic E-state index is 0.111. The zero-order valence-corrected chi connectivity index (χ0v) is 33.3. The van der Waals surface area contributed by atoms with Crippen molar-refractivity contribution >= 4 is 65.7 Å². The van der Waals surface area contributed by atoms with Crippen molar-refractivity contribution < 1.29 is 15.7 Å². The fourth-order valence-corrected chi connectivity index (χ4v) is 9.15. The fourth-order valence-electron chi connectivity index (χ4n) is 9.15. The van der Waals surface area contributed by atoms with E-state index in [-0.39, 0.29) is 17.6 Å². The van der Waals surface area contributed by atoms with Crippen molar-refractivity contribution in [2.24, 2.45) is 0 Å². The number of rotatable bonds is 6. The van der Waals surface area contributed by atoms with E-state index in [4.69, 9.17) is 30.6 Å². The van der Waals surface area contributed by atoms with Gasteiger partial charge in [-0.2, -0.15) is 9.97 Å². The molecule has 4 aromatic heterocycles. The Morgan fingerprint density at radius 2 is 1.02 bits per heavy atom. The van der Waals surface area contributed by atoms with Crippen molar-refractivity contribution in [1.82, 2.24) is 19.5 Å². The van der Waals surface area contributed by atoms with Crippen molar-refractivity contribution in [3.05, 3.63) is 206 Å². The lowest BCUT2D eigenvalue weighted by Gasteiger charge is -2.12. The van der Waals surface area contributed by atoms with Crippen molar-refractivity contribution in [3.8, 4) is 62.1 Å².